The van der Waals surface area contributed by atoms with Gasteiger partial charge < -0.3 is 15.5 Å². The zero-order valence-electron chi connectivity index (χ0n) is 28.2. The number of fused-ring (bicyclic) bond motifs is 2. The molecule has 3 aromatic heterocycles. The summed E-state index contributed by atoms with van der Waals surface area (Å²) in [6.07, 6.45) is 9.02. The van der Waals surface area contributed by atoms with Gasteiger partial charge in [0.1, 0.15) is 17.8 Å². The number of nitrogens with one attached hydrogen (secondary N) is 2. The number of alkyl halides is 3. The fourth-order valence-electron chi connectivity index (χ4n) is 7.54. The third kappa shape index (κ3) is 5.86. The maximum atomic E-state index is 14.4. The highest BCUT2D eigenvalue weighted by atomic mass is 32.1. The zero-order valence-corrected chi connectivity index (χ0v) is 29.0. The Morgan fingerprint density at radius 3 is 2.54 bits per heavy atom. The molecule has 5 atom stereocenters. The van der Waals surface area contributed by atoms with E-state index in [2.05, 4.69) is 43.5 Å². The van der Waals surface area contributed by atoms with Crippen LogP contribution in [0.5, 0.6) is 0 Å². The molecule has 3 amide bonds. The molecule has 14 heteroatoms. The van der Waals surface area contributed by atoms with E-state index in [4.69, 9.17) is 6.42 Å². The predicted octanol–water partition coefficient (Wildman–Crippen LogP) is 4.60. The number of carbonyl (C=O) groups is 3. The molecule has 0 aromatic carbocycles. The lowest BCUT2D eigenvalue weighted by molar-refractivity contribution is -0.174. The molecule has 2 aliphatic rings. The van der Waals surface area contributed by atoms with Gasteiger partial charge in [-0.05, 0) is 77.6 Å². The van der Waals surface area contributed by atoms with Crippen LogP contribution in [-0.4, -0.2) is 62.3 Å². The van der Waals surface area contributed by atoms with Crippen molar-refractivity contribution in [2.45, 2.75) is 65.2 Å². The molecule has 5 rings (SSSR count). The lowest BCUT2D eigenvalue weighted by Gasteiger charge is -2.41. The lowest BCUT2D eigenvalue weighted by Crippen LogP contribution is -2.54. The standard InChI is InChI=1S/C36H34F3N7O3S/c1-8-11-24-29-21(14-42-16-26(29)50-45-24)25(12-40)44-32(48)31-30-23(18-46(31)27(47)17-43-33(49)36(37,38)39)35(30,7)34(5,6)22-15-41-13-19(4)28(22)20(9-2)10-3/h2,10,13-16,23,25,30-31H,17-18H2,1,3-7H3,(H,43,49)(H,44,48)/b20-10-/t23-,25?,30-,31-,35?/m0/s1. The monoisotopic (exact) mass is 701 g/mol. The van der Waals surface area contributed by atoms with Crippen LogP contribution >= 0.6 is 11.5 Å². The number of aromatic nitrogens is 3. The molecule has 0 spiro atoms. The van der Waals surface area contributed by atoms with Crippen molar-refractivity contribution in [2.24, 2.45) is 17.3 Å². The van der Waals surface area contributed by atoms with E-state index >= 15 is 0 Å². The second kappa shape index (κ2) is 13.2. The van der Waals surface area contributed by atoms with E-state index in [9.17, 15) is 32.8 Å². The van der Waals surface area contributed by atoms with E-state index in [1.807, 2.05) is 40.7 Å². The van der Waals surface area contributed by atoms with Crippen molar-refractivity contribution < 1.29 is 27.6 Å². The topological polar surface area (TPSA) is 141 Å². The summed E-state index contributed by atoms with van der Waals surface area (Å²) in [5, 5.41) is 15.2. The van der Waals surface area contributed by atoms with E-state index in [0.29, 0.717) is 26.9 Å². The summed E-state index contributed by atoms with van der Waals surface area (Å²) in [7, 11) is 0. The Labute approximate surface area is 291 Å². The van der Waals surface area contributed by atoms with Crippen LogP contribution in [0.1, 0.15) is 68.6 Å². The van der Waals surface area contributed by atoms with Crippen molar-refractivity contribution in [1.29, 1.82) is 5.26 Å². The van der Waals surface area contributed by atoms with Gasteiger partial charge in [0.15, 0.2) is 0 Å². The van der Waals surface area contributed by atoms with Gasteiger partial charge in [-0.3, -0.25) is 24.4 Å². The lowest BCUT2D eigenvalue weighted by atomic mass is 9.66. The number of nitriles is 1. The minimum atomic E-state index is -5.19. The number of hydrogen-bond acceptors (Lipinski definition) is 8. The summed E-state index contributed by atoms with van der Waals surface area (Å²) in [6.45, 7) is 10.5. The van der Waals surface area contributed by atoms with Crippen molar-refractivity contribution in [3.63, 3.8) is 0 Å². The minimum absolute atomic E-state index is 0.0304. The molecule has 1 aliphatic heterocycles. The fourth-order valence-corrected chi connectivity index (χ4v) is 8.28. The Kier molecular flexibility index (Phi) is 9.53. The van der Waals surface area contributed by atoms with Gasteiger partial charge in [-0.25, -0.2) is 0 Å². The Bertz CT molecular complexity index is 2080. The summed E-state index contributed by atoms with van der Waals surface area (Å²) < 4.78 is 43.9. The Morgan fingerprint density at radius 1 is 1.22 bits per heavy atom. The molecule has 3 aromatic rings. The summed E-state index contributed by atoms with van der Waals surface area (Å²) >= 11 is 1.14. The Hall–Kier alpha value is -5.26. The number of piperidine rings is 1. The molecule has 50 heavy (non-hydrogen) atoms. The van der Waals surface area contributed by atoms with Gasteiger partial charge in [0.25, 0.3) is 0 Å². The normalized spacial score (nSPS) is 22.0. The first-order valence-corrected chi connectivity index (χ1v) is 16.4. The number of allylic oxidation sites excluding steroid dienone is 2. The van der Waals surface area contributed by atoms with Crippen LogP contribution < -0.4 is 10.6 Å². The number of hydrogen-bond donors (Lipinski definition) is 2. The molecule has 2 unspecified atom stereocenters. The van der Waals surface area contributed by atoms with Crippen molar-refractivity contribution in [3.05, 3.63) is 58.8 Å². The second-order valence-corrected chi connectivity index (χ2v) is 13.8. The highest BCUT2D eigenvalue weighted by molar-refractivity contribution is 7.13. The van der Waals surface area contributed by atoms with Crippen LogP contribution in [0.3, 0.4) is 0 Å². The minimum Gasteiger partial charge on any atom is -0.339 e. The van der Waals surface area contributed by atoms with Gasteiger partial charge in [0.05, 0.1) is 17.3 Å². The molecule has 10 nitrogen and oxygen atoms in total. The quantitative estimate of drug-likeness (QED) is 0.327. The van der Waals surface area contributed by atoms with Gasteiger partial charge in [-0.2, -0.15) is 22.8 Å². The molecular formula is C36H34F3N7O3S. The number of amides is 3. The molecular weight excluding hydrogens is 668 g/mol. The van der Waals surface area contributed by atoms with Gasteiger partial charge in [-0.1, -0.05) is 38.7 Å². The van der Waals surface area contributed by atoms with Gasteiger partial charge >= 0.3 is 12.1 Å². The van der Waals surface area contributed by atoms with Gasteiger partial charge in [0.2, 0.25) is 11.8 Å². The molecule has 258 valence electrons. The maximum Gasteiger partial charge on any atom is 0.471 e. The first kappa shape index (κ1) is 36.0. The number of likely N-dealkylation sites (tertiary alicyclic amines) is 1. The third-order valence-corrected chi connectivity index (χ3v) is 11.1. The van der Waals surface area contributed by atoms with Gasteiger partial charge in [-0.15, -0.1) is 6.42 Å². The van der Waals surface area contributed by atoms with E-state index < -0.39 is 59.3 Å². The van der Waals surface area contributed by atoms with E-state index in [1.54, 1.807) is 30.8 Å². The largest absolute Gasteiger partial charge is 0.471 e. The fraction of sp³-hybridized carbons (Fsp3) is 0.417. The molecule has 1 aliphatic carbocycles. The summed E-state index contributed by atoms with van der Waals surface area (Å²) in [5.41, 5.74) is 2.67. The number of terminal acetylenes is 1. The smallest absolute Gasteiger partial charge is 0.339 e. The molecule has 1 saturated carbocycles. The first-order chi connectivity index (χ1) is 23.6. The van der Waals surface area contributed by atoms with E-state index in [-0.39, 0.29) is 12.5 Å². The highest BCUT2D eigenvalue weighted by Gasteiger charge is 2.76. The van der Waals surface area contributed by atoms with Crippen LogP contribution in [0.4, 0.5) is 13.2 Å². The van der Waals surface area contributed by atoms with E-state index in [1.165, 1.54) is 11.1 Å². The van der Waals surface area contributed by atoms with Gasteiger partial charge in [0, 0.05) is 47.9 Å². The Morgan fingerprint density at radius 2 is 1.92 bits per heavy atom. The average Bonchev–Trinajstić information content (AvgIpc) is 3.37. The molecule has 2 N–H and O–H groups in total. The Balaban J connectivity index is 1.54. The molecule has 0 radical (unpaired) electrons. The number of halogens is 3. The highest BCUT2D eigenvalue weighted by Crippen LogP contribution is 2.73. The van der Waals surface area contributed by atoms with Crippen LogP contribution in [0, 0.1) is 59.7 Å². The molecule has 1 saturated heterocycles. The summed E-state index contributed by atoms with van der Waals surface area (Å²) in [5.74, 6) is 3.87. The third-order valence-electron chi connectivity index (χ3n) is 10.4. The summed E-state index contributed by atoms with van der Waals surface area (Å²) in [6, 6.07) is -0.310. The second-order valence-electron chi connectivity index (χ2n) is 13.0. The SMILES string of the molecule is C#C/C(=C/C)c1c(C)cncc1C(C)(C)C1(C)[C@@H]2[C@@H](C(=O)NC(C#N)c3cncc4snc(C#CC)c34)N(C(=O)CNC(=O)C(F)(F)F)C[C@@H]21. The number of pyridine rings is 2. The number of carbonyl (C=O) groups excluding carboxylic acids is 3. The van der Waals surface area contributed by atoms with Crippen LogP contribution in [0.2, 0.25) is 0 Å². The zero-order chi connectivity index (χ0) is 36.8. The maximum absolute atomic E-state index is 14.4. The van der Waals surface area contributed by atoms with Crippen molar-refractivity contribution in [1.82, 2.24) is 29.9 Å². The number of rotatable bonds is 8. The van der Waals surface area contributed by atoms with Crippen molar-refractivity contribution >= 4 is 44.9 Å². The van der Waals surface area contributed by atoms with Crippen LogP contribution in [-0.2, 0) is 19.8 Å². The number of nitrogens with zero attached hydrogens (tertiary/aromatic N) is 5. The van der Waals surface area contributed by atoms with Crippen molar-refractivity contribution in [2.75, 3.05) is 13.1 Å². The molecule has 2 fully saturated rings. The van der Waals surface area contributed by atoms with Crippen molar-refractivity contribution in [3.8, 4) is 30.3 Å². The predicted molar refractivity (Wildman–Crippen MR) is 181 cm³/mol. The number of aryl methyl sites for hydroxylation is 1. The van der Waals surface area contributed by atoms with Crippen LogP contribution in [0.15, 0.2) is 30.9 Å². The van der Waals surface area contributed by atoms with Crippen LogP contribution in [0.25, 0.3) is 15.7 Å². The molecule has 0 bridgehead atoms. The molecule has 4 heterocycles. The first-order valence-electron chi connectivity index (χ1n) is 15.7. The van der Waals surface area contributed by atoms with E-state index in [0.717, 1.165) is 28.2 Å². The average molecular weight is 702 g/mol. The summed E-state index contributed by atoms with van der Waals surface area (Å²) in [4.78, 5) is 49.3.